The molecule has 0 rings (SSSR count). The summed E-state index contributed by atoms with van der Waals surface area (Å²) in [7, 11) is 0. The van der Waals surface area contributed by atoms with Crippen molar-refractivity contribution >= 4 is 0 Å². The molecule has 0 aliphatic carbocycles. The van der Waals surface area contributed by atoms with Crippen LogP contribution in [-0.4, -0.2) is 39.5 Å². The van der Waals surface area contributed by atoms with Crippen LogP contribution < -0.4 is 11.5 Å². The molecule has 4 heteroatoms. The second-order valence-electron chi connectivity index (χ2n) is 5.34. The molecule has 0 bridgehead atoms. The third-order valence-electron chi connectivity index (χ3n) is 3.31. The molecule has 0 aromatic carbocycles. The van der Waals surface area contributed by atoms with Crippen LogP contribution in [0.25, 0.3) is 0 Å². The standard InChI is InChI=1S/C16H36N2O2.C2H6/c17-11-9-15-19-13-7-5-3-1-2-4-6-8-14-20-16-10-12-18;1-2/h1-18H2;1-2H3. The zero-order chi connectivity index (χ0) is 16.7. The predicted molar refractivity (Wildman–Crippen MR) is 97.3 cm³/mol. The lowest BCUT2D eigenvalue weighted by atomic mass is 10.1. The first kappa shape index (κ1) is 24.1. The van der Waals surface area contributed by atoms with Crippen molar-refractivity contribution in [3.05, 3.63) is 0 Å². The third-order valence-corrected chi connectivity index (χ3v) is 3.31. The van der Waals surface area contributed by atoms with Crippen LogP contribution in [0.1, 0.15) is 78.1 Å². The van der Waals surface area contributed by atoms with Crippen molar-refractivity contribution in [3.8, 4) is 0 Å². The van der Waals surface area contributed by atoms with E-state index in [2.05, 4.69) is 0 Å². The normalized spacial score (nSPS) is 10.4. The minimum Gasteiger partial charge on any atom is -0.381 e. The van der Waals surface area contributed by atoms with Gasteiger partial charge in [0.1, 0.15) is 0 Å². The van der Waals surface area contributed by atoms with E-state index in [0.29, 0.717) is 0 Å². The van der Waals surface area contributed by atoms with Gasteiger partial charge < -0.3 is 20.9 Å². The quantitative estimate of drug-likeness (QED) is 0.399. The molecule has 0 spiro atoms. The lowest BCUT2D eigenvalue weighted by Crippen LogP contribution is -2.05. The van der Waals surface area contributed by atoms with Crippen LogP contribution in [0, 0.1) is 0 Å². The van der Waals surface area contributed by atoms with E-state index in [1.54, 1.807) is 0 Å². The van der Waals surface area contributed by atoms with Gasteiger partial charge in [-0.05, 0) is 38.8 Å². The van der Waals surface area contributed by atoms with Crippen molar-refractivity contribution in [2.45, 2.75) is 78.1 Å². The molecule has 0 aromatic rings. The summed E-state index contributed by atoms with van der Waals surface area (Å²) >= 11 is 0. The molecule has 0 saturated carbocycles. The summed E-state index contributed by atoms with van der Waals surface area (Å²) in [4.78, 5) is 0. The summed E-state index contributed by atoms with van der Waals surface area (Å²) in [6.07, 6.45) is 12.3. The number of rotatable bonds is 17. The molecular weight excluding hydrogens is 276 g/mol. The Morgan fingerprint density at radius 2 is 0.727 bits per heavy atom. The highest BCUT2D eigenvalue weighted by Crippen LogP contribution is 2.08. The Kier molecular flexibility index (Phi) is 28.2. The molecule has 0 aliphatic rings. The van der Waals surface area contributed by atoms with Crippen molar-refractivity contribution in [3.63, 3.8) is 0 Å². The van der Waals surface area contributed by atoms with Crippen LogP contribution in [0.3, 0.4) is 0 Å². The zero-order valence-electron chi connectivity index (χ0n) is 15.3. The number of nitrogens with two attached hydrogens (primary N) is 2. The monoisotopic (exact) mass is 318 g/mol. The van der Waals surface area contributed by atoms with Crippen LogP contribution in [-0.2, 0) is 9.47 Å². The SMILES string of the molecule is CC.NCCCOCCCCCCCCCCOCCCN. The fraction of sp³-hybridized carbons (Fsp3) is 1.00. The summed E-state index contributed by atoms with van der Waals surface area (Å²) in [6, 6.07) is 0. The molecule has 0 heterocycles. The molecule has 0 amide bonds. The van der Waals surface area contributed by atoms with Gasteiger partial charge in [-0.1, -0.05) is 52.4 Å². The first-order chi connectivity index (χ1) is 10.9. The molecule has 136 valence electrons. The Balaban J connectivity index is 0. The molecule has 0 aromatic heterocycles. The fourth-order valence-corrected chi connectivity index (χ4v) is 2.04. The summed E-state index contributed by atoms with van der Waals surface area (Å²) in [6.45, 7) is 8.92. The Hall–Kier alpha value is -0.160. The maximum Gasteiger partial charge on any atom is 0.0478 e. The highest BCUT2D eigenvalue weighted by atomic mass is 16.5. The topological polar surface area (TPSA) is 70.5 Å². The Morgan fingerprint density at radius 1 is 0.455 bits per heavy atom. The van der Waals surface area contributed by atoms with Crippen LogP contribution >= 0.6 is 0 Å². The van der Waals surface area contributed by atoms with Crippen molar-refractivity contribution in [2.75, 3.05) is 39.5 Å². The van der Waals surface area contributed by atoms with Gasteiger partial charge in [0.05, 0.1) is 0 Å². The number of unbranched alkanes of at least 4 members (excludes halogenated alkanes) is 7. The molecule has 0 atom stereocenters. The van der Waals surface area contributed by atoms with Gasteiger partial charge in [0, 0.05) is 26.4 Å². The second-order valence-corrected chi connectivity index (χ2v) is 5.34. The number of hydrogen-bond donors (Lipinski definition) is 2. The molecule has 4 N–H and O–H groups in total. The first-order valence-electron chi connectivity index (χ1n) is 9.47. The van der Waals surface area contributed by atoms with Gasteiger partial charge in [0.2, 0.25) is 0 Å². The summed E-state index contributed by atoms with van der Waals surface area (Å²) in [5, 5.41) is 0. The van der Waals surface area contributed by atoms with Gasteiger partial charge in [-0.2, -0.15) is 0 Å². The third kappa shape index (κ3) is 24.8. The van der Waals surface area contributed by atoms with Gasteiger partial charge in [-0.15, -0.1) is 0 Å². The van der Waals surface area contributed by atoms with Crippen molar-refractivity contribution in [1.29, 1.82) is 0 Å². The summed E-state index contributed by atoms with van der Waals surface area (Å²) in [5.41, 5.74) is 10.8. The average molecular weight is 319 g/mol. The van der Waals surface area contributed by atoms with Gasteiger partial charge in [0.15, 0.2) is 0 Å². The molecule has 0 unspecified atom stereocenters. The van der Waals surface area contributed by atoms with Gasteiger partial charge in [-0.25, -0.2) is 0 Å². The second kappa shape index (κ2) is 25.8. The minimum absolute atomic E-state index is 0.734. The minimum atomic E-state index is 0.734. The summed E-state index contributed by atoms with van der Waals surface area (Å²) < 4.78 is 10.9. The summed E-state index contributed by atoms with van der Waals surface area (Å²) in [5.74, 6) is 0. The van der Waals surface area contributed by atoms with Crippen molar-refractivity contribution in [2.24, 2.45) is 11.5 Å². The van der Waals surface area contributed by atoms with E-state index < -0.39 is 0 Å². The molecular formula is C18H42N2O2. The molecule has 0 saturated heterocycles. The van der Waals surface area contributed by atoms with E-state index in [1.807, 2.05) is 13.8 Å². The van der Waals surface area contributed by atoms with E-state index >= 15 is 0 Å². The van der Waals surface area contributed by atoms with E-state index in [-0.39, 0.29) is 0 Å². The molecule has 0 radical (unpaired) electrons. The molecule has 4 nitrogen and oxygen atoms in total. The van der Waals surface area contributed by atoms with E-state index in [1.165, 1.54) is 51.4 Å². The highest BCUT2D eigenvalue weighted by molar-refractivity contribution is 4.47. The van der Waals surface area contributed by atoms with E-state index in [9.17, 15) is 0 Å². The Morgan fingerprint density at radius 3 is 1.05 bits per heavy atom. The average Bonchev–Trinajstić information content (AvgIpc) is 2.56. The molecule has 22 heavy (non-hydrogen) atoms. The Bertz CT molecular complexity index is 151. The van der Waals surface area contributed by atoms with Gasteiger partial charge in [-0.3, -0.25) is 0 Å². The maximum atomic E-state index is 5.47. The molecule has 0 fully saturated rings. The van der Waals surface area contributed by atoms with E-state index in [0.717, 1.165) is 52.4 Å². The first-order valence-corrected chi connectivity index (χ1v) is 9.47. The van der Waals surface area contributed by atoms with Crippen LogP contribution in [0.4, 0.5) is 0 Å². The van der Waals surface area contributed by atoms with E-state index in [4.69, 9.17) is 20.9 Å². The highest BCUT2D eigenvalue weighted by Gasteiger charge is 1.94. The fourth-order valence-electron chi connectivity index (χ4n) is 2.04. The molecule has 0 aliphatic heterocycles. The van der Waals surface area contributed by atoms with Gasteiger partial charge in [0.25, 0.3) is 0 Å². The van der Waals surface area contributed by atoms with Crippen LogP contribution in [0.2, 0.25) is 0 Å². The lowest BCUT2D eigenvalue weighted by molar-refractivity contribution is 0.128. The van der Waals surface area contributed by atoms with Crippen LogP contribution in [0.15, 0.2) is 0 Å². The van der Waals surface area contributed by atoms with Crippen LogP contribution in [0.5, 0.6) is 0 Å². The maximum absolute atomic E-state index is 5.47. The smallest absolute Gasteiger partial charge is 0.0478 e. The van der Waals surface area contributed by atoms with Crippen molar-refractivity contribution < 1.29 is 9.47 Å². The number of ether oxygens (including phenoxy) is 2. The predicted octanol–water partition coefficient (Wildman–Crippen LogP) is 3.86. The number of hydrogen-bond acceptors (Lipinski definition) is 4. The zero-order valence-corrected chi connectivity index (χ0v) is 15.3. The Labute approximate surface area is 139 Å². The van der Waals surface area contributed by atoms with Gasteiger partial charge >= 0.3 is 0 Å². The largest absolute Gasteiger partial charge is 0.381 e. The van der Waals surface area contributed by atoms with Crippen molar-refractivity contribution in [1.82, 2.24) is 0 Å². The lowest BCUT2D eigenvalue weighted by Gasteiger charge is -2.04.